The zero-order chi connectivity index (χ0) is 17.2. The molecule has 0 aliphatic rings. The van der Waals surface area contributed by atoms with Gasteiger partial charge >= 0.3 is 0 Å². The van der Waals surface area contributed by atoms with E-state index in [1.807, 2.05) is 6.92 Å². The lowest BCUT2D eigenvalue weighted by Gasteiger charge is -2.12. The van der Waals surface area contributed by atoms with E-state index in [0.29, 0.717) is 17.0 Å². The Morgan fingerprint density at radius 3 is 2.35 bits per heavy atom. The summed E-state index contributed by atoms with van der Waals surface area (Å²) in [5.74, 6) is 0.543. The number of sulfonamides is 1. The first kappa shape index (κ1) is 16.8. The number of nitrogens with zero attached hydrogens (tertiary/aromatic N) is 1. The van der Waals surface area contributed by atoms with Crippen molar-refractivity contribution in [3.63, 3.8) is 0 Å². The Morgan fingerprint density at radius 2 is 1.74 bits per heavy atom. The first-order valence-corrected chi connectivity index (χ1v) is 8.15. The molecule has 8 heteroatoms. The summed E-state index contributed by atoms with van der Waals surface area (Å²) in [6, 6.07) is 8.59. The fraction of sp³-hybridized carbons (Fsp3) is 0.200. The zero-order valence-electron chi connectivity index (χ0n) is 12.9. The van der Waals surface area contributed by atoms with E-state index in [2.05, 4.69) is 4.72 Å². The topological polar surface area (TPSA) is 98.5 Å². The minimum absolute atomic E-state index is 0.133. The van der Waals surface area contributed by atoms with Crippen molar-refractivity contribution in [3.8, 4) is 5.75 Å². The van der Waals surface area contributed by atoms with E-state index < -0.39 is 14.9 Å². The molecule has 0 unspecified atom stereocenters. The molecule has 122 valence electrons. The number of hydrogen-bond donors (Lipinski definition) is 1. The zero-order valence-corrected chi connectivity index (χ0v) is 13.7. The van der Waals surface area contributed by atoms with E-state index >= 15 is 0 Å². The summed E-state index contributed by atoms with van der Waals surface area (Å²) >= 11 is 0. The molecular formula is C15H16N2O5S. The molecule has 7 nitrogen and oxygen atoms in total. The summed E-state index contributed by atoms with van der Waals surface area (Å²) in [7, 11) is -2.46. The van der Waals surface area contributed by atoms with Crippen LogP contribution in [0.3, 0.4) is 0 Å². The molecule has 0 amide bonds. The fourth-order valence-electron chi connectivity index (χ4n) is 2.09. The van der Waals surface area contributed by atoms with Crippen molar-refractivity contribution in [2.45, 2.75) is 18.7 Å². The van der Waals surface area contributed by atoms with Gasteiger partial charge in [0, 0.05) is 18.2 Å². The Bertz CT molecular complexity index is 862. The molecule has 2 aromatic rings. The third-order valence-corrected chi connectivity index (χ3v) is 4.86. The molecule has 0 atom stereocenters. The second-order valence-electron chi connectivity index (χ2n) is 5.00. The summed E-state index contributed by atoms with van der Waals surface area (Å²) in [6.07, 6.45) is 0. The molecule has 0 saturated carbocycles. The fourth-order valence-corrected chi connectivity index (χ4v) is 3.40. The number of nitro benzene ring substituents is 1. The SMILES string of the molecule is COc1cc(NS(=O)(=O)c2cc([N+](=O)[O-])ccc2C)ccc1C. The molecule has 1 N–H and O–H groups in total. The largest absolute Gasteiger partial charge is 0.496 e. The van der Waals surface area contributed by atoms with Gasteiger partial charge in [-0.3, -0.25) is 14.8 Å². The Kier molecular flexibility index (Phi) is 4.55. The smallest absolute Gasteiger partial charge is 0.270 e. The number of nitro groups is 1. The van der Waals surface area contributed by atoms with Gasteiger partial charge in [-0.2, -0.15) is 0 Å². The van der Waals surface area contributed by atoms with Crippen LogP contribution in [0.25, 0.3) is 0 Å². The Morgan fingerprint density at radius 1 is 1.09 bits per heavy atom. The molecule has 0 spiro atoms. The number of ether oxygens (including phenoxy) is 1. The molecular weight excluding hydrogens is 320 g/mol. The Balaban J connectivity index is 2.43. The molecule has 2 rings (SSSR count). The van der Waals surface area contributed by atoms with Gasteiger partial charge in [0.2, 0.25) is 0 Å². The molecule has 0 aliphatic carbocycles. The number of nitrogens with one attached hydrogen (secondary N) is 1. The van der Waals surface area contributed by atoms with Gasteiger partial charge in [0.1, 0.15) is 5.75 Å². The average molecular weight is 336 g/mol. The molecule has 0 heterocycles. The second kappa shape index (κ2) is 6.25. The Labute approximate surface area is 134 Å². The lowest BCUT2D eigenvalue weighted by molar-refractivity contribution is -0.385. The minimum Gasteiger partial charge on any atom is -0.496 e. The second-order valence-corrected chi connectivity index (χ2v) is 6.65. The molecule has 0 aromatic heterocycles. The summed E-state index contributed by atoms with van der Waals surface area (Å²) in [5, 5.41) is 10.8. The Hall–Kier alpha value is -2.61. The van der Waals surface area contributed by atoms with Crippen molar-refractivity contribution in [1.82, 2.24) is 0 Å². The van der Waals surface area contributed by atoms with Crippen LogP contribution in [-0.4, -0.2) is 20.5 Å². The molecule has 23 heavy (non-hydrogen) atoms. The van der Waals surface area contributed by atoms with Gasteiger partial charge in [0.15, 0.2) is 0 Å². The maximum absolute atomic E-state index is 12.5. The van der Waals surface area contributed by atoms with Crippen LogP contribution >= 0.6 is 0 Å². The highest BCUT2D eigenvalue weighted by Crippen LogP contribution is 2.27. The average Bonchev–Trinajstić information content (AvgIpc) is 2.49. The number of benzene rings is 2. The maximum Gasteiger partial charge on any atom is 0.270 e. The van der Waals surface area contributed by atoms with E-state index in [9.17, 15) is 18.5 Å². The van der Waals surface area contributed by atoms with E-state index in [1.54, 1.807) is 25.1 Å². The first-order chi connectivity index (χ1) is 10.7. The maximum atomic E-state index is 12.5. The van der Waals surface area contributed by atoms with Crippen molar-refractivity contribution in [2.24, 2.45) is 0 Å². The molecule has 0 fully saturated rings. The van der Waals surface area contributed by atoms with Crippen molar-refractivity contribution in [1.29, 1.82) is 0 Å². The van der Waals surface area contributed by atoms with Gasteiger partial charge in [0.05, 0.1) is 22.6 Å². The molecule has 0 bridgehead atoms. The number of anilines is 1. The van der Waals surface area contributed by atoms with Crippen molar-refractivity contribution < 1.29 is 18.1 Å². The van der Waals surface area contributed by atoms with Gasteiger partial charge in [-0.15, -0.1) is 0 Å². The van der Waals surface area contributed by atoms with Crippen molar-refractivity contribution in [3.05, 3.63) is 57.6 Å². The number of aryl methyl sites for hydroxylation is 2. The highest BCUT2D eigenvalue weighted by molar-refractivity contribution is 7.92. The van der Waals surface area contributed by atoms with Crippen LogP contribution < -0.4 is 9.46 Å². The normalized spacial score (nSPS) is 11.1. The van der Waals surface area contributed by atoms with Crippen molar-refractivity contribution >= 4 is 21.4 Å². The third-order valence-electron chi connectivity index (χ3n) is 3.33. The predicted molar refractivity (Wildman–Crippen MR) is 86.4 cm³/mol. The number of non-ortho nitro benzene ring substituents is 1. The van der Waals surface area contributed by atoms with Crippen molar-refractivity contribution in [2.75, 3.05) is 11.8 Å². The molecule has 0 aliphatic heterocycles. The summed E-state index contributed by atoms with van der Waals surface area (Å²) in [4.78, 5) is 10.1. The van der Waals surface area contributed by atoms with Crippen LogP contribution in [0, 0.1) is 24.0 Å². The van der Waals surface area contributed by atoms with Crippen LogP contribution in [0.2, 0.25) is 0 Å². The van der Waals surface area contributed by atoms with E-state index in [4.69, 9.17) is 4.74 Å². The monoisotopic (exact) mass is 336 g/mol. The van der Waals surface area contributed by atoms with Crippen LogP contribution in [-0.2, 0) is 10.0 Å². The highest BCUT2D eigenvalue weighted by Gasteiger charge is 2.21. The van der Waals surface area contributed by atoms with Gasteiger partial charge in [-0.1, -0.05) is 12.1 Å². The summed E-state index contributed by atoms with van der Waals surface area (Å²) in [5.41, 5.74) is 1.32. The quantitative estimate of drug-likeness (QED) is 0.668. The van der Waals surface area contributed by atoms with Gasteiger partial charge < -0.3 is 4.74 Å². The van der Waals surface area contributed by atoms with E-state index in [1.165, 1.54) is 19.2 Å². The van der Waals surface area contributed by atoms with E-state index in [-0.39, 0.29) is 10.6 Å². The standard InChI is InChI=1S/C15H16N2O5S/c1-10-4-6-12(8-14(10)22-3)16-23(20,21)15-9-13(17(18)19)7-5-11(15)2/h4-9,16H,1-3H3. The van der Waals surface area contributed by atoms with Crippen LogP contribution in [0.5, 0.6) is 5.75 Å². The predicted octanol–water partition coefficient (Wildman–Crippen LogP) is 3.02. The molecule has 0 saturated heterocycles. The van der Waals surface area contributed by atoms with Crippen LogP contribution in [0.4, 0.5) is 11.4 Å². The third kappa shape index (κ3) is 3.59. The first-order valence-electron chi connectivity index (χ1n) is 6.67. The number of hydrogen-bond acceptors (Lipinski definition) is 5. The molecule has 0 radical (unpaired) electrons. The molecule has 2 aromatic carbocycles. The highest BCUT2D eigenvalue weighted by atomic mass is 32.2. The van der Waals surface area contributed by atoms with Crippen LogP contribution in [0.1, 0.15) is 11.1 Å². The van der Waals surface area contributed by atoms with Gasteiger partial charge in [-0.25, -0.2) is 8.42 Å². The summed E-state index contributed by atoms with van der Waals surface area (Å²) < 4.78 is 32.6. The van der Waals surface area contributed by atoms with Gasteiger partial charge in [-0.05, 0) is 31.0 Å². The van der Waals surface area contributed by atoms with E-state index in [0.717, 1.165) is 11.6 Å². The lowest BCUT2D eigenvalue weighted by Crippen LogP contribution is -2.14. The van der Waals surface area contributed by atoms with Crippen LogP contribution in [0.15, 0.2) is 41.3 Å². The number of rotatable bonds is 5. The number of methoxy groups -OCH3 is 1. The minimum atomic E-state index is -3.95. The summed E-state index contributed by atoms with van der Waals surface area (Å²) in [6.45, 7) is 3.41. The van der Waals surface area contributed by atoms with Gasteiger partial charge in [0.25, 0.3) is 15.7 Å². The lowest BCUT2D eigenvalue weighted by atomic mass is 10.2.